The van der Waals surface area contributed by atoms with E-state index in [1.165, 1.54) is 0 Å². The quantitative estimate of drug-likeness (QED) is 0.430. The molecule has 1 aromatic carbocycles. The fourth-order valence-electron chi connectivity index (χ4n) is 3.63. The average Bonchev–Trinajstić information content (AvgIpc) is 2.68. The summed E-state index contributed by atoms with van der Waals surface area (Å²) in [6, 6.07) is 5.33. The Morgan fingerprint density at radius 2 is 2.10 bits per heavy atom. The van der Waals surface area contributed by atoms with Crippen LogP contribution in [0.3, 0.4) is 0 Å². The smallest absolute Gasteiger partial charge is 0.306 e. The maximum absolute atomic E-state index is 11.2. The van der Waals surface area contributed by atoms with E-state index in [1.54, 1.807) is 24.5 Å². The Morgan fingerprint density at radius 1 is 1.41 bits per heavy atom. The molecule has 8 nitrogen and oxygen atoms in total. The molecule has 0 bridgehead atoms. The van der Waals surface area contributed by atoms with Crippen molar-refractivity contribution in [2.75, 3.05) is 18.8 Å². The van der Waals surface area contributed by atoms with Crippen LogP contribution in [0.1, 0.15) is 39.2 Å². The highest BCUT2D eigenvalue weighted by Crippen LogP contribution is 2.30. The number of aliphatic imine (C=N–C) groups is 1. The molecule has 3 rings (SSSR count). The number of nitrogen functional groups attached to an aromatic ring is 1. The van der Waals surface area contributed by atoms with Crippen molar-refractivity contribution in [3.05, 3.63) is 35.7 Å². The fraction of sp³-hybridized carbons (Fsp3) is 0.476. The van der Waals surface area contributed by atoms with Crippen molar-refractivity contribution in [1.82, 2.24) is 10.2 Å². The lowest BCUT2D eigenvalue weighted by molar-refractivity contribution is -0.143. The van der Waals surface area contributed by atoms with Crippen LogP contribution in [-0.2, 0) is 4.79 Å². The van der Waals surface area contributed by atoms with E-state index in [4.69, 9.17) is 15.9 Å². The van der Waals surface area contributed by atoms with Crippen LogP contribution in [0, 0.1) is 11.3 Å². The molecule has 2 heterocycles. The van der Waals surface area contributed by atoms with Crippen LogP contribution >= 0.6 is 0 Å². The number of piperidine rings is 1. The molecule has 0 amide bonds. The molecule has 0 aromatic heterocycles. The zero-order chi connectivity index (χ0) is 21.2. The minimum Gasteiger partial charge on any atom is -0.491 e. The summed E-state index contributed by atoms with van der Waals surface area (Å²) in [4.78, 5) is 17.8. The summed E-state index contributed by atoms with van der Waals surface area (Å²) in [6.07, 6.45) is 4.72. The van der Waals surface area contributed by atoms with E-state index < -0.39 is 11.5 Å². The molecule has 1 unspecified atom stereocenters. The van der Waals surface area contributed by atoms with Gasteiger partial charge in [0, 0.05) is 24.3 Å². The first-order valence-corrected chi connectivity index (χ1v) is 9.86. The number of ether oxygens (including phenoxy) is 1. The van der Waals surface area contributed by atoms with Crippen LogP contribution in [0.2, 0.25) is 0 Å². The van der Waals surface area contributed by atoms with Crippen LogP contribution < -0.4 is 15.8 Å². The number of anilines is 1. The minimum absolute atomic E-state index is 0.0216. The highest BCUT2D eigenvalue weighted by molar-refractivity contribution is 6.10. The number of nitrogens with zero attached hydrogens (tertiary/aromatic N) is 2. The lowest BCUT2D eigenvalue weighted by Crippen LogP contribution is -2.45. The number of hydrogen-bond donors (Lipinski definition) is 4. The summed E-state index contributed by atoms with van der Waals surface area (Å²) in [6.45, 7) is 7.05. The fourth-order valence-corrected chi connectivity index (χ4v) is 3.63. The molecule has 0 radical (unpaired) electrons. The van der Waals surface area contributed by atoms with E-state index in [9.17, 15) is 9.90 Å². The van der Waals surface area contributed by atoms with E-state index >= 15 is 0 Å². The van der Waals surface area contributed by atoms with Gasteiger partial charge < -0.3 is 31.2 Å². The molecule has 0 aliphatic carbocycles. The second kappa shape index (κ2) is 8.14. The van der Waals surface area contributed by atoms with Gasteiger partial charge in [-0.1, -0.05) is 0 Å². The summed E-state index contributed by atoms with van der Waals surface area (Å²) < 4.78 is 5.75. The van der Waals surface area contributed by atoms with Crippen molar-refractivity contribution < 1.29 is 14.6 Å². The van der Waals surface area contributed by atoms with E-state index in [-0.39, 0.29) is 17.7 Å². The number of nitrogens with one attached hydrogen (secondary N) is 2. The third kappa shape index (κ3) is 4.52. The van der Waals surface area contributed by atoms with Crippen LogP contribution in [-0.4, -0.2) is 52.8 Å². The monoisotopic (exact) mass is 399 g/mol. The Hall–Kier alpha value is -3.03. The zero-order valence-corrected chi connectivity index (χ0v) is 17.1. The van der Waals surface area contributed by atoms with Crippen molar-refractivity contribution in [1.29, 1.82) is 5.41 Å². The second-order valence-electron chi connectivity index (χ2n) is 7.97. The molecular weight excluding hydrogens is 370 g/mol. The summed E-state index contributed by atoms with van der Waals surface area (Å²) in [7, 11) is 0. The van der Waals surface area contributed by atoms with Crippen molar-refractivity contribution in [2.24, 2.45) is 10.9 Å². The molecule has 156 valence electrons. The molecule has 0 saturated carbocycles. The number of carboxylic acid groups (broad SMARTS) is 1. The van der Waals surface area contributed by atoms with Gasteiger partial charge in [-0.2, -0.15) is 0 Å². The van der Waals surface area contributed by atoms with Crippen LogP contribution in [0.5, 0.6) is 5.75 Å². The standard InChI is InChI=1S/C21H29N5O3/c1-13(2)29-15-4-5-17(22)16(10-15)19(23)21(3)11-18(24-12-25-21)26-8-6-14(7-9-26)20(27)28/h4-5,10-14,23H,6-9,22H2,1-3H3,(H,24,25)(H,27,28). The number of carboxylic acids is 1. The predicted molar refractivity (Wildman–Crippen MR) is 113 cm³/mol. The Labute approximate surface area is 171 Å². The minimum atomic E-state index is -0.894. The summed E-state index contributed by atoms with van der Waals surface area (Å²) >= 11 is 0. The first kappa shape index (κ1) is 20.7. The third-order valence-electron chi connectivity index (χ3n) is 5.32. The van der Waals surface area contributed by atoms with Gasteiger partial charge >= 0.3 is 5.97 Å². The van der Waals surface area contributed by atoms with E-state index in [1.807, 2.05) is 26.8 Å². The Balaban J connectivity index is 1.82. The number of carbonyl (C=O) groups is 1. The molecule has 2 aliphatic rings. The molecule has 1 atom stereocenters. The van der Waals surface area contributed by atoms with Gasteiger partial charge in [0.05, 0.1) is 24.1 Å². The number of nitrogens with two attached hydrogens (primary N) is 1. The molecule has 2 aliphatic heterocycles. The number of likely N-dealkylation sites (tertiary alicyclic amines) is 1. The average molecular weight is 399 g/mol. The first-order chi connectivity index (χ1) is 13.7. The number of aliphatic carboxylic acids is 1. The van der Waals surface area contributed by atoms with Gasteiger partial charge in [0.25, 0.3) is 0 Å². The van der Waals surface area contributed by atoms with Crippen molar-refractivity contribution >= 4 is 23.7 Å². The molecule has 1 aromatic rings. The predicted octanol–water partition coefficient (Wildman–Crippen LogP) is 2.45. The summed E-state index contributed by atoms with van der Waals surface area (Å²) in [5, 5.41) is 21.2. The van der Waals surface area contributed by atoms with Crippen molar-refractivity contribution in [3.63, 3.8) is 0 Å². The van der Waals surface area contributed by atoms with Gasteiger partial charge in [-0.3, -0.25) is 9.79 Å². The Morgan fingerprint density at radius 3 is 2.72 bits per heavy atom. The SMILES string of the molecule is CC(C)Oc1ccc(N)c(C(=N)C2(C)C=C(N3CCC(C(=O)O)CC3)NC=N2)c1. The van der Waals surface area contributed by atoms with Crippen molar-refractivity contribution in [3.8, 4) is 5.75 Å². The van der Waals surface area contributed by atoms with Gasteiger partial charge in [-0.05, 0) is 57.9 Å². The lowest BCUT2D eigenvalue weighted by Gasteiger charge is -2.37. The van der Waals surface area contributed by atoms with Gasteiger partial charge in [0.2, 0.25) is 0 Å². The Bertz CT molecular complexity index is 856. The molecule has 5 N–H and O–H groups in total. The first-order valence-electron chi connectivity index (χ1n) is 9.86. The van der Waals surface area contributed by atoms with Gasteiger partial charge in [-0.25, -0.2) is 0 Å². The van der Waals surface area contributed by atoms with Gasteiger partial charge in [-0.15, -0.1) is 0 Å². The van der Waals surface area contributed by atoms with Crippen LogP contribution in [0.4, 0.5) is 5.69 Å². The number of rotatable bonds is 6. The third-order valence-corrected chi connectivity index (χ3v) is 5.32. The Kier molecular flexibility index (Phi) is 5.81. The van der Waals surface area contributed by atoms with Crippen LogP contribution in [0.25, 0.3) is 0 Å². The van der Waals surface area contributed by atoms with E-state index in [0.29, 0.717) is 42.9 Å². The van der Waals surface area contributed by atoms with Crippen molar-refractivity contribution in [2.45, 2.75) is 45.3 Å². The maximum Gasteiger partial charge on any atom is 0.306 e. The maximum atomic E-state index is 11.2. The second-order valence-corrected chi connectivity index (χ2v) is 7.97. The molecule has 0 spiro atoms. The highest BCUT2D eigenvalue weighted by atomic mass is 16.5. The topological polar surface area (TPSA) is 124 Å². The van der Waals surface area contributed by atoms with E-state index in [0.717, 1.165) is 5.82 Å². The largest absolute Gasteiger partial charge is 0.491 e. The summed E-state index contributed by atoms with van der Waals surface area (Å²) in [5.41, 5.74) is 6.63. The highest BCUT2D eigenvalue weighted by Gasteiger charge is 2.34. The molecule has 1 saturated heterocycles. The number of benzene rings is 1. The van der Waals surface area contributed by atoms with Gasteiger partial charge in [0.1, 0.15) is 17.1 Å². The molecule has 1 fully saturated rings. The number of hydrogen-bond acceptors (Lipinski definition) is 7. The summed E-state index contributed by atoms with van der Waals surface area (Å²) in [5.74, 6) is 0.472. The van der Waals surface area contributed by atoms with E-state index in [2.05, 4.69) is 15.2 Å². The normalized spacial score (nSPS) is 22.2. The molecule has 29 heavy (non-hydrogen) atoms. The van der Waals surface area contributed by atoms with Gasteiger partial charge in [0.15, 0.2) is 0 Å². The lowest BCUT2D eigenvalue weighted by atomic mass is 9.88. The zero-order valence-electron chi connectivity index (χ0n) is 17.1. The van der Waals surface area contributed by atoms with Crippen LogP contribution in [0.15, 0.2) is 35.1 Å². The molecular formula is C21H29N5O3. The molecule has 8 heteroatoms.